The first kappa shape index (κ1) is 18.0. The average molecular weight is 329 g/mol. The molecule has 3 nitrogen and oxygen atoms in total. The van der Waals surface area contributed by atoms with E-state index >= 15 is 4.39 Å². The summed E-state index contributed by atoms with van der Waals surface area (Å²) in [5, 5.41) is 3.70. The molecule has 6 heteroatoms. The summed E-state index contributed by atoms with van der Waals surface area (Å²) in [5.74, 6) is -0.131. The van der Waals surface area contributed by atoms with Crippen molar-refractivity contribution in [2.45, 2.75) is 72.2 Å². The Balaban J connectivity index is 2.06. The van der Waals surface area contributed by atoms with Gasteiger partial charge in [0.15, 0.2) is 0 Å². The van der Waals surface area contributed by atoms with Gasteiger partial charge < -0.3 is 14.8 Å². The molecule has 2 aliphatic rings. The molecule has 1 N–H and O–H groups in total. The molecular weight excluding hydrogens is 299 g/mol. The second-order valence-corrected chi connectivity index (χ2v) is 8.69. The van der Waals surface area contributed by atoms with Gasteiger partial charge >= 0.3 is 0 Å². The number of halogens is 1. The van der Waals surface area contributed by atoms with Crippen molar-refractivity contribution >= 4 is 14.0 Å². The lowest BCUT2D eigenvalue weighted by Gasteiger charge is -2.55. The summed E-state index contributed by atoms with van der Waals surface area (Å²) in [6, 6.07) is 8.01. The van der Waals surface area contributed by atoms with Gasteiger partial charge in [0.1, 0.15) is 5.67 Å². The van der Waals surface area contributed by atoms with E-state index in [1.54, 1.807) is 6.92 Å². The van der Waals surface area contributed by atoms with Crippen LogP contribution in [-0.2, 0) is 12.2 Å². The Labute approximate surface area is 147 Å². The third-order valence-electron chi connectivity index (χ3n) is 6.07. The zero-order valence-electron chi connectivity index (χ0n) is 16.1. The minimum Gasteiger partial charge on any atom is -0.352 e. The highest BCUT2D eigenvalue weighted by atomic mass is 19.1. The maximum Gasteiger partial charge on any atom is 0.299 e. The number of rotatable bonds is 0. The van der Waals surface area contributed by atoms with Gasteiger partial charge in [-0.15, -0.1) is 0 Å². The Kier molecular flexibility index (Phi) is 4.38. The molecule has 0 saturated carbocycles. The van der Waals surface area contributed by atoms with Gasteiger partial charge in [-0.3, -0.25) is 0 Å². The minimum absolute atomic E-state index is 0.0241. The predicted octanol–water partition coefficient (Wildman–Crippen LogP) is 3.59. The van der Waals surface area contributed by atoms with Gasteiger partial charge in [-0.1, -0.05) is 44.8 Å². The van der Waals surface area contributed by atoms with Crippen molar-refractivity contribution in [2.75, 3.05) is 0 Å². The van der Waals surface area contributed by atoms with Crippen molar-refractivity contribution in [3.8, 4) is 0 Å². The van der Waals surface area contributed by atoms with Gasteiger partial charge in [0.05, 0.1) is 0 Å². The summed E-state index contributed by atoms with van der Waals surface area (Å²) in [7, 11) is 0. The van der Waals surface area contributed by atoms with E-state index in [1.807, 2.05) is 25.1 Å². The molecular formula is C18H30B2FN3. The lowest BCUT2D eigenvalue weighted by atomic mass is 9.54. The molecule has 0 amide bonds. The first-order valence-electron chi connectivity index (χ1n) is 9.12. The van der Waals surface area contributed by atoms with E-state index in [4.69, 9.17) is 0 Å². The van der Waals surface area contributed by atoms with Crippen molar-refractivity contribution in [3.63, 3.8) is 0 Å². The van der Waals surface area contributed by atoms with Gasteiger partial charge in [0, 0.05) is 18.6 Å². The van der Waals surface area contributed by atoms with E-state index in [0.29, 0.717) is 0 Å². The lowest BCUT2D eigenvalue weighted by Crippen LogP contribution is -2.77. The van der Waals surface area contributed by atoms with Gasteiger partial charge in [-0.05, 0) is 44.4 Å². The molecule has 0 aliphatic carbocycles. The fraction of sp³-hybridized carbons (Fsp3) is 0.667. The number of fused-ring (bicyclic) bond motifs is 2. The second kappa shape index (κ2) is 5.86. The standard InChI is InChI=1S/C18H30B2FN3/c1-13-16-22-19(6)24(17(2,3)4)20(7)23(16)12-14-10-8-9-11-15(14)18(13,5)21/h8-11,13,16,22H,12H2,1-7H3. The molecule has 3 unspecified atom stereocenters. The molecule has 0 bridgehead atoms. The highest BCUT2D eigenvalue weighted by Crippen LogP contribution is 2.43. The third-order valence-corrected chi connectivity index (χ3v) is 6.07. The number of nitrogens with one attached hydrogen (secondary N) is 1. The van der Waals surface area contributed by atoms with Crippen molar-refractivity contribution in [1.82, 2.24) is 14.8 Å². The van der Waals surface area contributed by atoms with E-state index in [2.05, 4.69) is 55.2 Å². The van der Waals surface area contributed by atoms with Crippen LogP contribution >= 0.6 is 0 Å². The molecule has 1 saturated heterocycles. The Hall–Kier alpha value is -0.840. The predicted molar refractivity (Wildman–Crippen MR) is 101 cm³/mol. The zero-order chi connectivity index (χ0) is 17.9. The Morgan fingerprint density at radius 3 is 2.50 bits per heavy atom. The highest BCUT2D eigenvalue weighted by Gasteiger charge is 2.52. The summed E-state index contributed by atoms with van der Waals surface area (Å²) < 4.78 is 18.3. The van der Waals surface area contributed by atoms with Gasteiger partial charge in [-0.25, -0.2) is 4.39 Å². The first-order valence-corrected chi connectivity index (χ1v) is 9.12. The molecule has 0 radical (unpaired) electrons. The molecule has 2 aliphatic heterocycles. The van der Waals surface area contributed by atoms with Crippen LogP contribution < -0.4 is 5.23 Å². The van der Waals surface area contributed by atoms with Crippen LogP contribution in [0, 0.1) is 5.92 Å². The molecule has 24 heavy (non-hydrogen) atoms. The Morgan fingerprint density at radius 2 is 1.88 bits per heavy atom. The number of benzene rings is 1. The van der Waals surface area contributed by atoms with Crippen LogP contribution in [0.5, 0.6) is 0 Å². The summed E-state index contributed by atoms with van der Waals surface area (Å²) in [4.78, 5) is 2.43. The maximum atomic E-state index is 15.8. The second-order valence-electron chi connectivity index (χ2n) is 8.69. The fourth-order valence-electron chi connectivity index (χ4n) is 4.82. The van der Waals surface area contributed by atoms with Crippen molar-refractivity contribution in [2.24, 2.45) is 5.92 Å². The number of hydrogen-bond acceptors (Lipinski definition) is 3. The van der Waals surface area contributed by atoms with Gasteiger partial charge in [0.2, 0.25) is 0 Å². The van der Waals surface area contributed by atoms with Crippen molar-refractivity contribution < 1.29 is 4.39 Å². The monoisotopic (exact) mass is 329 g/mol. The maximum absolute atomic E-state index is 15.8. The summed E-state index contributed by atoms with van der Waals surface area (Å²) >= 11 is 0. The number of nitrogens with zero attached hydrogens (tertiary/aromatic N) is 2. The molecule has 3 rings (SSSR count). The quantitative estimate of drug-likeness (QED) is 0.734. The molecule has 1 aromatic carbocycles. The molecule has 3 atom stereocenters. The summed E-state index contributed by atoms with van der Waals surface area (Å²) in [6.45, 7) is 16.2. The molecule has 2 heterocycles. The summed E-state index contributed by atoms with van der Waals surface area (Å²) in [6.07, 6.45) is 0.0241. The number of alkyl halides is 1. The normalized spacial score (nSPS) is 32.3. The van der Waals surface area contributed by atoms with Crippen LogP contribution in [0.4, 0.5) is 4.39 Å². The van der Waals surface area contributed by atoms with Crippen molar-refractivity contribution in [3.05, 3.63) is 35.4 Å². The van der Waals surface area contributed by atoms with Crippen LogP contribution in [-0.4, -0.2) is 35.2 Å². The summed E-state index contributed by atoms with van der Waals surface area (Å²) in [5.41, 5.74) is 0.654. The fourth-order valence-corrected chi connectivity index (χ4v) is 4.82. The highest BCUT2D eigenvalue weighted by molar-refractivity contribution is 6.70. The van der Waals surface area contributed by atoms with Gasteiger partial charge in [-0.2, -0.15) is 0 Å². The lowest BCUT2D eigenvalue weighted by molar-refractivity contribution is 0.0525. The molecule has 130 valence electrons. The van der Waals surface area contributed by atoms with E-state index in [0.717, 1.165) is 17.7 Å². The van der Waals surface area contributed by atoms with Crippen LogP contribution in [0.15, 0.2) is 24.3 Å². The molecule has 1 fully saturated rings. The Bertz CT molecular complexity index is 617. The van der Waals surface area contributed by atoms with Crippen LogP contribution in [0.1, 0.15) is 45.7 Å². The van der Waals surface area contributed by atoms with E-state index < -0.39 is 5.67 Å². The van der Waals surface area contributed by atoms with Crippen LogP contribution in [0.25, 0.3) is 0 Å². The first-order chi connectivity index (χ1) is 11.0. The third kappa shape index (κ3) is 2.73. The van der Waals surface area contributed by atoms with Crippen LogP contribution in [0.3, 0.4) is 0 Å². The number of hydrogen-bond donors (Lipinski definition) is 1. The van der Waals surface area contributed by atoms with Crippen LogP contribution in [0.2, 0.25) is 13.6 Å². The molecule has 1 aromatic rings. The van der Waals surface area contributed by atoms with E-state index in [-0.39, 0.29) is 31.6 Å². The zero-order valence-corrected chi connectivity index (χ0v) is 16.1. The average Bonchev–Trinajstić information content (AvgIpc) is 2.55. The smallest absolute Gasteiger partial charge is 0.299 e. The van der Waals surface area contributed by atoms with Crippen molar-refractivity contribution in [1.29, 1.82) is 0 Å². The SMILES string of the molecule is CB1NC2C(C)C(C)(F)c3ccccc3CN2B(C)N1C(C)(C)C. The van der Waals surface area contributed by atoms with Gasteiger partial charge in [0.25, 0.3) is 14.0 Å². The minimum atomic E-state index is -1.34. The topological polar surface area (TPSA) is 18.5 Å². The Morgan fingerprint density at radius 1 is 1.25 bits per heavy atom. The van der Waals surface area contributed by atoms with E-state index in [1.165, 1.54) is 0 Å². The largest absolute Gasteiger partial charge is 0.352 e. The molecule has 0 spiro atoms. The molecule has 0 aromatic heterocycles. The van der Waals surface area contributed by atoms with E-state index in [9.17, 15) is 0 Å².